The zero-order chi connectivity index (χ0) is 21.6. The monoisotopic (exact) mass is 418 g/mol. The Morgan fingerprint density at radius 2 is 1.84 bits per heavy atom. The minimum absolute atomic E-state index is 0.0686. The number of rotatable bonds is 6. The number of likely N-dealkylation sites (N-methyl/N-ethyl adjacent to an activating group) is 1. The number of carbonyl (C=O) groups is 1. The van der Waals surface area contributed by atoms with E-state index in [-0.39, 0.29) is 5.91 Å². The summed E-state index contributed by atoms with van der Waals surface area (Å²) in [7, 11) is 3.84. The number of ether oxygens (including phenoxy) is 1. The van der Waals surface area contributed by atoms with Gasteiger partial charge in [-0.05, 0) is 42.0 Å². The number of amides is 1. The lowest BCUT2D eigenvalue weighted by molar-refractivity contribution is -0.880. The molecule has 7 nitrogen and oxygen atoms in total. The van der Waals surface area contributed by atoms with Gasteiger partial charge < -0.3 is 19.9 Å². The number of methoxy groups -OCH3 is 1. The van der Waals surface area contributed by atoms with Crippen LogP contribution in [0.5, 0.6) is 5.75 Å². The summed E-state index contributed by atoms with van der Waals surface area (Å²) < 4.78 is 5.16. The van der Waals surface area contributed by atoms with Crippen LogP contribution in [0.4, 0.5) is 11.5 Å². The molecule has 0 spiro atoms. The lowest BCUT2D eigenvalue weighted by Gasteiger charge is -2.30. The van der Waals surface area contributed by atoms with E-state index in [2.05, 4.69) is 27.5 Å². The second kappa shape index (κ2) is 9.57. The van der Waals surface area contributed by atoms with Crippen LogP contribution < -0.4 is 19.9 Å². The van der Waals surface area contributed by atoms with Gasteiger partial charge in [-0.15, -0.1) is 10.2 Å². The van der Waals surface area contributed by atoms with Crippen molar-refractivity contribution >= 4 is 17.4 Å². The topological polar surface area (TPSA) is 71.8 Å². The van der Waals surface area contributed by atoms with E-state index in [9.17, 15) is 4.79 Å². The first-order chi connectivity index (χ1) is 15.1. The number of aromatic nitrogens is 2. The third-order valence-electron chi connectivity index (χ3n) is 5.56. The highest BCUT2D eigenvalue weighted by molar-refractivity contribution is 5.92. The van der Waals surface area contributed by atoms with Crippen LogP contribution in [0.3, 0.4) is 0 Å². The molecule has 0 bridgehead atoms. The van der Waals surface area contributed by atoms with Gasteiger partial charge in [0.05, 0.1) is 52.5 Å². The van der Waals surface area contributed by atoms with E-state index < -0.39 is 0 Å². The highest BCUT2D eigenvalue weighted by Gasteiger charge is 2.18. The Kier molecular flexibility index (Phi) is 6.43. The fraction of sp³-hybridized carbons (Fsp3) is 0.292. The molecule has 1 fully saturated rings. The van der Waals surface area contributed by atoms with E-state index in [1.807, 2.05) is 60.7 Å². The molecular formula is C24H28N5O2+. The van der Waals surface area contributed by atoms with E-state index in [0.29, 0.717) is 6.42 Å². The third-order valence-corrected chi connectivity index (χ3v) is 5.56. The van der Waals surface area contributed by atoms with Crippen LogP contribution in [0.15, 0.2) is 60.7 Å². The first kappa shape index (κ1) is 20.8. The molecule has 0 radical (unpaired) electrons. The maximum Gasteiger partial charge on any atom is 0.228 e. The Hall–Kier alpha value is -3.45. The van der Waals surface area contributed by atoms with Gasteiger partial charge in [-0.2, -0.15) is 0 Å². The van der Waals surface area contributed by atoms with Crippen molar-refractivity contribution in [2.45, 2.75) is 6.42 Å². The van der Waals surface area contributed by atoms with Crippen LogP contribution in [0.1, 0.15) is 5.56 Å². The molecule has 2 heterocycles. The molecule has 3 aromatic rings. The molecule has 31 heavy (non-hydrogen) atoms. The Morgan fingerprint density at radius 3 is 2.52 bits per heavy atom. The van der Waals surface area contributed by atoms with Gasteiger partial charge in [0.2, 0.25) is 5.91 Å². The minimum atomic E-state index is -0.0686. The Morgan fingerprint density at radius 1 is 1.06 bits per heavy atom. The number of piperazine rings is 1. The summed E-state index contributed by atoms with van der Waals surface area (Å²) >= 11 is 0. The zero-order valence-electron chi connectivity index (χ0n) is 18.0. The zero-order valence-corrected chi connectivity index (χ0v) is 18.0. The van der Waals surface area contributed by atoms with Crippen molar-refractivity contribution in [2.24, 2.45) is 0 Å². The number of nitrogens with one attached hydrogen (secondary N) is 2. The molecule has 2 aromatic carbocycles. The number of hydrogen-bond acceptors (Lipinski definition) is 5. The van der Waals surface area contributed by atoms with Crippen LogP contribution in [0.25, 0.3) is 11.3 Å². The summed E-state index contributed by atoms with van der Waals surface area (Å²) in [5, 5.41) is 11.8. The lowest BCUT2D eigenvalue weighted by Crippen LogP contribution is -3.12. The third kappa shape index (κ3) is 5.38. The molecule has 1 aromatic heterocycles. The standard InChI is InChI=1S/C24H27N5O2/c1-28-12-14-29(15-13-28)23-11-10-22(26-27-23)19-4-3-5-20(17-19)25-24(30)16-18-6-8-21(31-2)9-7-18/h3-11,17H,12-16H2,1-2H3,(H,25,30)/p+1. The van der Waals surface area contributed by atoms with Crippen molar-refractivity contribution in [1.82, 2.24) is 10.2 Å². The van der Waals surface area contributed by atoms with Gasteiger partial charge in [0.15, 0.2) is 5.82 Å². The minimum Gasteiger partial charge on any atom is -0.497 e. The van der Waals surface area contributed by atoms with Gasteiger partial charge in [0.25, 0.3) is 0 Å². The molecule has 0 atom stereocenters. The maximum absolute atomic E-state index is 12.4. The number of carbonyl (C=O) groups excluding carboxylic acids is 1. The normalized spacial score (nSPS) is 14.3. The van der Waals surface area contributed by atoms with Crippen molar-refractivity contribution in [1.29, 1.82) is 0 Å². The van der Waals surface area contributed by atoms with Crippen molar-refractivity contribution in [2.75, 3.05) is 50.6 Å². The number of hydrogen-bond donors (Lipinski definition) is 2. The molecule has 1 aliphatic rings. The van der Waals surface area contributed by atoms with Gasteiger partial charge in [0.1, 0.15) is 5.75 Å². The number of quaternary nitrogens is 1. The van der Waals surface area contributed by atoms with E-state index in [0.717, 1.165) is 60.3 Å². The largest absolute Gasteiger partial charge is 0.497 e. The highest BCUT2D eigenvalue weighted by Crippen LogP contribution is 2.22. The molecule has 1 saturated heterocycles. The summed E-state index contributed by atoms with van der Waals surface area (Å²) in [6.07, 6.45) is 0.301. The second-order valence-corrected chi connectivity index (χ2v) is 7.87. The lowest BCUT2D eigenvalue weighted by atomic mass is 10.1. The average molecular weight is 419 g/mol. The van der Waals surface area contributed by atoms with Crippen molar-refractivity contribution in [3.63, 3.8) is 0 Å². The van der Waals surface area contributed by atoms with Gasteiger partial charge in [-0.1, -0.05) is 24.3 Å². The van der Waals surface area contributed by atoms with Crippen LogP contribution in [0, 0.1) is 0 Å². The van der Waals surface area contributed by atoms with Crippen molar-refractivity contribution < 1.29 is 14.4 Å². The Balaban J connectivity index is 1.40. The van der Waals surface area contributed by atoms with Crippen LogP contribution in [-0.4, -0.2) is 56.4 Å². The SMILES string of the molecule is COc1ccc(CC(=O)Nc2cccc(-c3ccc(N4CC[NH+](C)CC4)nn3)c2)cc1. The van der Waals surface area contributed by atoms with Crippen LogP contribution >= 0.6 is 0 Å². The van der Waals surface area contributed by atoms with E-state index in [1.165, 1.54) is 0 Å². The van der Waals surface area contributed by atoms with Gasteiger partial charge in [-0.3, -0.25) is 4.79 Å². The summed E-state index contributed by atoms with van der Waals surface area (Å²) in [4.78, 5) is 16.3. The molecule has 160 valence electrons. The molecule has 7 heteroatoms. The number of anilines is 2. The smallest absolute Gasteiger partial charge is 0.228 e. The highest BCUT2D eigenvalue weighted by atomic mass is 16.5. The number of benzene rings is 2. The Bertz CT molecular complexity index is 1010. The van der Waals surface area contributed by atoms with Crippen molar-refractivity contribution in [3.05, 3.63) is 66.2 Å². The predicted molar refractivity (Wildman–Crippen MR) is 122 cm³/mol. The quantitative estimate of drug-likeness (QED) is 0.637. The molecule has 2 N–H and O–H groups in total. The molecule has 1 aliphatic heterocycles. The molecule has 4 rings (SSSR count). The number of nitrogens with zero attached hydrogens (tertiary/aromatic N) is 3. The molecule has 0 aliphatic carbocycles. The van der Waals surface area contributed by atoms with Crippen LogP contribution in [0.2, 0.25) is 0 Å². The fourth-order valence-corrected chi connectivity index (χ4v) is 3.66. The van der Waals surface area contributed by atoms with Gasteiger partial charge >= 0.3 is 0 Å². The fourth-order valence-electron chi connectivity index (χ4n) is 3.66. The molecular weight excluding hydrogens is 390 g/mol. The first-order valence-electron chi connectivity index (χ1n) is 10.5. The molecule has 1 amide bonds. The summed E-state index contributed by atoms with van der Waals surface area (Å²) in [6.45, 7) is 4.22. The van der Waals surface area contributed by atoms with Gasteiger partial charge in [-0.25, -0.2) is 0 Å². The Labute approximate surface area is 182 Å². The molecule has 0 saturated carbocycles. The van der Waals surface area contributed by atoms with Crippen LogP contribution in [-0.2, 0) is 11.2 Å². The van der Waals surface area contributed by atoms with Crippen molar-refractivity contribution in [3.8, 4) is 17.0 Å². The predicted octanol–water partition coefficient (Wildman–Crippen LogP) is 1.67. The molecule has 0 unspecified atom stereocenters. The second-order valence-electron chi connectivity index (χ2n) is 7.87. The van der Waals surface area contributed by atoms with E-state index in [4.69, 9.17) is 4.74 Å². The maximum atomic E-state index is 12.4. The van der Waals surface area contributed by atoms with E-state index in [1.54, 1.807) is 12.0 Å². The summed E-state index contributed by atoms with van der Waals surface area (Å²) in [6, 6.07) is 19.2. The average Bonchev–Trinajstić information content (AvgIpc) is 2.80. The van der Waals surface area contributed by atoms with Gasteiger partial charge in [0, 0.05) is 11.3 Å². The summed E-state index contributed by atoms with van der Waals surface area (Å²) in [5.41, 5.74) is 3.38. The van der Waals surface area contributed by atoms with E-state index >= 15 is 0 Å². The summed E-state index contributed by atoms with van der Waals surface area (Å²) in [5.74, 6) is 1.62. The first-order valence-corrected chi connectivity index (χ1v) is 10.5.